The van der Waals surface area contributed by atoms with E-state index < -0.39 is 74.1 Å². The second kappa shape index (κ2) is 13.5. The van der Waals surface area contributed by atoms with Gasteiger partial charge in [0.25, 0.3) is 5.91 Å². The van der Waals surface area contributed by atoms with Gasteiger partial charge < -0.3 is 25.0 Å². The number of rotatable bonds is 6. The molecule has 1 saturated heterocycles. The molecule has 13 nitrogen and oxygen atoms in total. The highest BCUT2D eigenvalue weighted by Crippen LogP contribution is 2.45. The number of nitrogens with one attached hydrogen (secondary N) is 3. The molecule has 1 aromatic carbocycles. The number of hydrogen-bond donors (Lipinski definition) is 3. The van der Waals surface area contributed by atoms with Gasteiger partial charge in [-0.15, -0.1) is 6.58 Å². The van der Waals surface area contributed by atoms with Crippen LogP contribution in [-0.4, -0.2) is 84.2 Å². The average molecular weight is 710 g/mol. The summed E-state index contributed by atoms with van der Waals surface area (Å²) in [5.41, 5.74) is -0.113. The van der Waals surface area contributed by atoms with Gasteiger partial charge in [0, 0.05) is 23.9 Å². The van der Waals surface area contributed by atoms with Crippen molar-refractivity contribution in [3.05, 3.63) is 48.2 Å². The van der Waals surface area contributed by atoms with Crippen LogP contribution >= 0.6 is 0 Å². The molecule has 14 heteroatoms. The molecule has 4 amide bonds. The molecule has 6 rings (SSSR count). The number of fused-ring (bicyclic) bond motifs is 3. The van der Waals surface area contributed by atoms with Gasteiger partial charge in [-0.2, -0.15) is 0 Å². The third-order valence-corrected chi connectivity index (χ3v) is 12.0. The summed E-state index contributed by atoms with van der Waals surface area (Å²) >= 11 is 0. The van der Waals surface area contributed by atoms with E-state index >= 15 is 0 Å². The summed E-state index contributed by atoms with van der Waals surface area (Å²) in [5, 5.41) is 6.72. The van der Waals surface area contributed by atoms with Crippen molar-refractivity contribution in [2.24, 2.45) is 11.3 Å². The first kappa shape index (κ1) is 35.6. The largest absolute Gasteiger partial charge is 0.472 e. The predicted octanol–water partition coefficient (Wildman–Crippen LogP) is 3.43. The number of benzene rings is 1. The van der Waals surface area contributed by atoms with Crippen LogP contribution in [0.3, 0.4) is 0 Å². The van der Waals surface area contributed by atoms with Gasteiger partial charge in [0.2, 0.25) is 27.7 Å². The van der Waals surface area contributed by atoms with Crippen LogP contribution in [0.15, 0.2) is 37.1 Å². The number of carbonyl (C=O) groups excluding carboxylic acids is 4. The fourth-order valence-corrected chi connectivity index (χ4v) is 8.42. The van der Waals surface area contributed by atoms with E-state index in [9.17, 15) is 27.6 Å². The monoisotopic (exact) mass is 709 g/mol. The Morgan fingerprint density at radius 1 is 1.14 bits per heavy atom. The van der Waals surface area contributed by atoms with Crippen LogP contribution in [0.1, 0.15) is 76.8 Å². The molecule has 50 heavy (non-hydrogen) atoms. The number of hydrogen-bond acceptors (Lipinski definition) is 9. The van der Waals surface area contributed by atoms with Gasteiger partial charge in [-0.1, -0.05) is 32.9 Å². The first-order valence-electron chi connectivity index (χ1n) is 17.4. The molecule has 1 aromatic heterocycles. The number of aryl methyl sites for hydroxylation is 2. The quantitative estimate of drug-likeness (QED) is 0.380. The Balaban J connectivity index is 1.34. The highest BCUT2D eigenvalue weighted by Gasteiger charge is 2.62. The highest BCUT2D eigenvalue weighted by molar-refractivity contribution is 7.91. The minimum Gasteiger partial charge on any atom is -0.472 e. The van der Waals surface area contributed by atoms with E-state index in [1.165, 1.54) is 11.0 Å². The predicted molar refractivity (Wildman–Crippen MR) is 186 cm³/mol. The van der Waals surface area contributed by atoms with Gasteiger partial charge in [0.05, 0.1) is 18.4 Å². The Morgan fingerprint density at radius 3 is 2.58 bits per heavy atom. The molecule has 5 atom stereocenters. The van der Waals surface area contributed by atoms with E-state index in [0.717, 1.165) is 41.2 Å². The number of alkyl carbamates (subject to hydrolysis) is 1. The summed E-state index contributed by atoms with van der Waals surface area (Å²) in [7, 11) is -3.88. The van der Waals surface area contributed by atoms with Crippen LogP contribution in [0.4, 0.5) is 4.79 Å². The lowest BCUT2D eigenvalue weighted by Gasteiger charge is -2.35. The summed E-state index contributed by atoms with van der Waals surface area (Å²) in [6.45, 7) is 11.4. The second-order valence-corrected chi connectivity index (χ2v) is 17.1. The second-order valence-electron chi connectivity index (χ2n) is 15.2. The third-order valence-electron chi connectivity index (χ3n) is 10.2. The molecule has 0 spiro atoms. The minimum absolute atomic E-state index is 0.00287. The molecule has 3 heterocycles. The molecule has 1 unspecified atom stereocenters. The fraction of sp³-hybridized carbons (Fsp3) is 0.583. The first-order chi connectivity index (χ1) is 23.6. The molecule has 270 valence electrons. The van der Waals surface area contributed by atoms with Gasteiger partial charge in [0.15, 0.2) is 0 Å². The third kappa shape index (κ3) is 7.31. The van der Waals surface area contributed by atoms with Gasteiger partial charge in [0.1, 0.15) is 23.7 Å². The molecule has 2 saturated carbocycles. The van der Waals surface area contributed by atoms with E-state index in [0.29, 0.717) is 25.1 Å². The molecule has 3 N–H and O–H groups in total. The van der Waals surface area contributed by atoms with E-state index in [4.69, 9.17) is 9.47 Å². The lowest BCUT2D eigenvalue weighted by Crippen LogP contribution is -2.60. The van der Waals surface area contributed by atoms with E-state index in [2.05, 4.69) is 39.1 Å². The lowest BCUT2D eigenvalue weighted by molar-refractivity contribution is -0.142. The average Bonchev–Trinajstić information content (AvgIpc) is 3.97. The van der Waals surface area contributed by atoms with Crippen molar-refractivity contribution in [2.75, 3.05) is 13.2 Å². The standard InChI is InChI=1S/C36H47N5O8S/c1-6-23-19-36(23,33(44)40-50(46,47)25-11-12-25)39-30(42)28-18-24-20-41(28)32(43)29(35(3,4)5)38-34(45)48-15-9-7-8-10-22-16-21(2)26-13-14-37-31(49-24)27(26)17-22/h6,13-14,16-17,23-25,28-29H,1,7-12,15,18-20H2,2-5H3,(H,38,45)(H,39,42)(H,40,44)/t23-,24-,28+,29-,36?/m1/s1. The highest BCUT2D eigenvalue weighted by atomic mass is 32.2. The fourth-order valence-electron chi connectivity index (χ4n) is 7.06. The topological polar surface area (TPSA) is 173 Å². The van der Waals surface area contributed by atoms with Crippen molar-refractivity contribution < 1.29 is 37.1 Å². The number of nitrogens with zero attached hydrogens (tertiary/aromatic N) is 2. The van der Waals surface area contributed by atoms with Crippen LogP contribution in [0.5, 0.6) is 5.88 Å². The summed E-state index contributed by atoms with van der Waals surface area (Å²) in [5.74, 6) is -2.10. The van der Waals surface area contributed by atoms with Crippen LogP contribution in [0, 0.1) is 18.3 Å². The zero-order chi connectivity index (χ0) is 36.0. The van der Waals surface area contributed by atoms with Crippen LogP contribution < -0.4 is 20.1 Å². The summed E-state index contributed by atoms with van der Waals surface area (Å²) < 4.78 is 39.5. The minimum atomic E-state index is -3.88. The molecule has 2 aliphatic heterocycles. The molecule has 0 radical (unpaired) electrons. The number of cyclic esters (lactones) is 1. The van der Waals surface area contributed by atoms with E-state index in [1.807, 2.05) is 13.0 Å². The number of sulfonamides is 1. The Kier molecular flexibility index (Phi) is 9.61. The molecule has 3 fully saturated rings. The SMILES string of the molecule is C=C[C@@H]1CC1(NC(=O)[C@@H]1C[C@@H]2CN1C(=O)[C@H](C(C)(C)C)NC(=O)OCCCCCc1cc(C)c3ccnc(c3c1)O2)C(=O)NS(=O)(=O)C1CC1. The van der Waals surface area contributed by atoms with E-state index in [1.54, 1.807) is 27.0 Å². The summed E-state index contributed by atoms with van der Waals surface area (Å²) in [6, 6.07) is 3.97. The zero-order valence-corrected chi connectivity index (χ0v) is 29.9. The van der Waals surface area contributed by atoms with Crippen molar-refractivity contribution in [3.8, 4) is 5.88 Å². The maximum atomic E-state index is 14.4. The van der Waals surface area contributed by atoms with Gasteiger partial charge in [-0.3, -0.25) is 19.1 Å². The van der Waals surface area contributed by atoms with Crippen molar-refractivity contribution in [1.29, 1.82) is 0 Å². The van der Waals surface area contributed by atoms with Crippen LogP contribution in [-0.2, 0) is 35.6 Å². The first-order valence-corrected chi connectivity index (χ1v) is 19.0. The number of aromatic nitrogens is 1. The lowest BCUT2D eigenvalue weighted by atomic mass is 9.85. The molecule has 2 aromatic rings. The van der Waals surface area contributed by atoms with Crippen molar-refractivity contribution >= 4 is 44.6 Å². The maximum Gasteiger partial charge on any atom is 0.407 e. The molecule has 4 aliphatic rings. The normalized spacial score (nSPS) is 27.7. The zero-order valence-electron chi connectivity index (χ0n) is 29.1. The van der Waals surface area contributed by atoms with Crippen molar-refractivity contribution in [2.45, 2.75) is 108 Å². The number of carbonyl (C=O) groups is 4. The Labute approximate surface area is 293 Å². The van der Waals surface area contributed by atoms with Gasteiger partial charge in [-0.25, -0.2) is 18.2 Å². The smallest absolute Gasteiger partial charge is 0.407 e. The van der Waals surface area contributed by atoms with Crippen molar-refractivity contribution in [1.82, 2.24) is 25.2 Å². The van der Waals surface area contributed by atoms with Crippen molar-refractivity contribution in [3.63, 3.8) is 0 Å². The molecular weight excluding hydrogens is 662 g/mol. The Morgan fingerprint density at radius 2 is 1.90 bits per heavy atom. The van der Waals surface area contributed by atoms with Crippen LogP contribution in [0.2, 0.25) is 0 Å². The summed E-state index contributed by atoms with van der Waals surface area (Å²) in [6.07, 6.45) is 6.15. The molecule has 4 bridgehead atoms. The van der Waals surface area contributed by atoms with Gasteiger partial charge >= 0.3 is 6.09 Å². The number of pyridine rings is 1. The summed E-state index contributed by atoms with van der Waals surface area (Å²) in [4.78, 5) is 61.0. The van der Waals surface area contributed by atoms with E-state index in [-0.39, 0.29) is 26.0 Å². The molecule has 2 aliphatic carbocycles. The number of amides is 4. The van der Waals surface area contributed by atoms with Crippen LogP contribution in [0.25, 0.3) is 10.8 Å². The Hall–Kier alpha value is -4.20. The Bertz CT molecular complexity index is 1820. The maximum absolute atomic E-state index is 14.4. The number of ether oxygens (including phenoxy) is 2. The van der Waals surface area contributed by atoms with Gasteiger partial charge in [-0.05, 0) is 85.9 Å². The molecular formula is C36H47N5O8S.